The second kappa shape index (κ2) is 12.6. The van der Waals surface area contributed by atoms with Crippen LogP contribution in [0.1, 0.15) is 35.3 Å². The number of benzene rings is 4. The van der Waals surface area contributed by atoms with E-state index in [1.807, 2.05) is 111 Å². The summed E-state index contributed by atoms with van der Waals surface area (Å²) in [5.74, 6) is -0.101. The van der Waals surface area contributed by atoms with Crippen molar-refractivity contribution in [1.29, 1.82) is 0 Å². The molecular formula is C34H36N4O2. The fourth-order valence-electron chi connectivity index (χ4n) is 5.50. The molecule has 1 fully saturated rings. The molecule has 4 aromatic carbocycles. The second-order valence-electron chi connectivity index (χ2n) is 10.2. The molecule has 2 unspecified atom stereocenters. The average Bonchev–Trinajstić information content (AvgIpc) is 3.49. The number of amides is 2. The zero-order valence-electron chi connectivity index (χ0n) is 23.1. The fraction of sp³-hybridized carbons (Fsp3) is 0.235. The zero-order valence-corrected chi connectivity index (χ0v) is 23.1. The summed E-state index contributed by atoms with van der Waals surface area (Å²) >= 11 is 0. The van der Waals surface area contributed by atoms with Crippen molar-refractivity contribution in [1.82, 2.24) is 10.2 Å². The van der Waals surface area contributed by atoms with Crippen LogP contribution in [0.3, 0.4) is 0 Å². The summed E-state index contributed by atoms with van der Waals surface area (Å²) in [4.78, 5) is 30.8. The minimum absolute atomic E-state index is 0.0311. The van der Waals surface area contributed by atoms with E-state index in [1.54, 1.807) is 0 Å². The number of carbonyl (C=O) groups is 2. The molecule has 40 heavy (non-hydrogen) atoms. The molecule has 1 heterocycles. The summed E-state index contributed by atoms with van der Waals surface area (Å²) in [6, 6.07) is 35.5. The summed E-state index contributed by atoms with van der Waals surface area (Å²) in [7, 11) is 2.05. The lowest BCUT2D eigenvalue weighted by atomic mass is 9.99. The SMILES string of the molecule is CCNC(=O)C(c1ccccc1)N(C)C1CCN(c2ccc(NC(=O)c3ccccc3-c3ccccc3)cc2)C1. The minimum Gasteiger partial charge on any atom is -0.370 e. The molecule has 0 radical (unpaired) electrons. The van der Waals surface area contributed by atoms with E-state index in [2.05, 4.69) is 32.6 Å². The Morgan fingerprint density at radius 2 is 1.52 bits per heavy atom. The molecule has 6 nitrogen and oxygen atoms in total. The van der Waals surface area contributed by atoms with Crippen molar-refractivity contribution in [3.63, 3.8) is 0 Å². The first-order chi connectivity index (χ1) is 19.5. The van der Waals surface area contributed by atoms with Crippen molar-refractivity contribution >= 4 is 23.2 Å². The van der Waals surface area contributed by atoms with E-state index in [0.717, 1.165) is 47.6 Å². The van der Waals surface area contributed by atoms with Gasteiger partial charge >= 0.3 is 0 Å². The molecule has 1 saturated heterocycles. The molecule has 4 aromatic rings. The molecule has 2 amide bonds. The summed E-state index contributed by atoms with van der Waals surface area (Å²) in [6.07, 6.45) is 0.966. The highest BCUT2D eigenvalue weighted by atomic mass is 16.2. The summed E-state index contributed by atoms with van der Waals surface area (Å²) in [5, 5.41) is 6.07. The van der Waals surface area contributed by atoms with Gasteiger partial charge in [-0.15, -0.1) is 0 Å². The van der Waals surface area contributed by atoms with Crippen molar-refractivity contribution in [2.45, 2.75) is 25.4 Å². The Morgan fingerprint density at radius 1 is 0.875 bits per heavy atom. The van der Waals surface area contributed by atoms with Gasteiger partial charge in [0.1, 0.15) is 6.04 Å². The summed E-state index contributed by atoms with van der Waals surface area (Å²) < 4.78 is 0. The Hall–Kier alpha value is -4.42. The number of nitrogens with one attached hydrogen (secondary N) is 2. The Labute approximate surface area is 236 Å². The molecule has 0 saturated carbocycles. The third-order valence-electron chi connectivity index (χ3n) is 7.61. The van der Waals surface area contributed by atoms with Crippen LogP contribution in [0.25, 0.3) is 11.1 Å². The Balaban J connectivity index is 1.25. The number of anilines is 2. The third-order valence-corrected chi connectivity index (χ3v) is 7.61. The Kier molecular flexibility index (Phi) is 8.57. The maximum Gasteiger partial charge on any atom is 0.256 e. The second-order valence-corrected chi connectivity index (χ2v) is 10.2. The molecule has 204 valence electrons. The van der Waals surface area contributed by atoms with Crippen molar-refractivity contribution < 1.29 is 9.59 Å². The monoisotopic (exact) mass is 532 g/mol. The van der Waals surface area contributed by atoms with Gasteiger partial charge in [-0.2, -0.15) is 0 Å². The van der Waals surface area contributed by atoms with Crippen molar-refractivity contribution in [2.24, 2.45) is 0 Å². The average molecular weight is 533 g/mol. The van der Waals surface area contributed by atoms with E-state index in [1.165, 1.54) is 0 Å². The van der Waals surface area contributed by atoms with Gasteiger partial charge < -0.3 is 15.5 Å². The highest BCUT2D eigenvalue weighted by Gasteiger charge is 2.34. The van der Waals surface area contributed by atoms with Crippen LogP contribution in [-0.2, 0) is 4.79 Å². The predicted molar refractivity (Wildman–Crippen MR) is 163 cm³/mol. The molecule has 2 atom stereocenters. The van der Waals surface area contributed by atoms with Crippen LogP contribution in [0.15, 0.2) is 109 Å². The van der Waals surface area contributed by atoms with Crippen LogP contribution in [0.4, 0.5) is 11.4 Å². The number of nitrogens with zero attached hydrogens (tertiary/aromatic N) is 2. The van der Waals surface area contributed by atoms with Gasteiger partial charge in [-0.05, 0) is 67.4 Å². The van der Waals surface area contributed by atoms with Crippen LogP contribution in [0.5, 0.6) is 0 Å². The topological polar surface area (TPSA) is 64.7 Å². The third kappa shape index (κ3) is 6.08. The normalized spacial score (nSPS) is 15.6. The van der Waals surface area contributed by atoms with Crippen LogP contribution >= 0.6 is 0 Å². The number of likely N-dealkylation sites (N-methyl/N-ethyl adjacent to an activating group) is 2. The molecule has 0 aromatic heterocycles. The lowest BCUT2D eigenvalue weighted by Gasteiger charge is -2.32. The van der Waals surface area contributed by atoms with Crippen LogP contribution < -0.4 is 15.5 Å². The zero-order chi connectivity index (χ0) is 27.9. The van der Waals surface area contributed by atoms with Gasteiger partial charge in [0.15, 0.2) is 0 Å². The minimum atomic E-state index is -0.331. The number of rotatable bonds is 9. The first kappa shape index (κ1) is 27.2. The quantitative estimate of drug-likeness (QED) is 0.278. The van der Waals surface area contributed by atoms with Gasteiger partial charge in [-0.25, -0.2) is 0 Å². The maximum atomic E-state index is 13.2. The molecule has 1 aliphatic rings. The van der Waals surface area contributed by atoms with E-state index in [0.29, 0.717) is 12.1 Å². The predicted octanol–water partition coefficient (Wildman–Crippen LogP) is 5.99. The van der Waals surface area contributed by atoms with E-state index < -0.39 is 0 Å². The number of hydrogen-bond donors (Lipinski definition) is 2. The van der Waals surface area contributed by atoms with Crippen LogP contribution in [-0.4, -0.2) is 49.4 Å². The van der Waals surface area contributed by atoms with Gasteiger partial charge in [0, 0.05) is 42.6 Å². The van der Waals surface area contributed by atoms with Crippen molar-refractivity contribution in [3.8, 4) is 11.1 Å². The largest absolute Gasteiger partial charge is 0.370 e. The highest BCUT2D eigenvalue weighted by molar-refractivity contribution is 6.08. The number of carbonyl (C=O) groups excluding carboxylic acids is 2. The standard InChI is InChI=1S/C34H36N4O2/c1-3-35-34(40)32(26-14-8-5-9-15-26)37(2)29-22-23-38(24-29)28-20-18-27(19-21-28)36-33(39)31-17-11-10-16-30(31)25-12-6-4-7-13-25/h4-21,29,32H,3,22-24H2,1-2H3,(H,35,40)(H,36,39). The van der Waals surface area contributed by atoms with E-state index in [4.69, 9.17) is 0 Å². The van der Waals surface area contributed by atoms with Crippen LogP contribution in [0.2, 0.25) is 0 Å². The molecule has 6 heteroatoms. The lowest BCUT2D eigenvalue weighted by Crippen LogP contribution is -2.44. The number of hydrogen-bond acceptors (Lipinski definition) is 4. The fourth-order valence-corrected chi connectivity index (χ4v) is 5.50. The Morgan fingerprint density at radius 3 is 2.23 bits per heavy atom. The van der Waals surface area contributed by atoms with E-state index >= 15 is 0 Å². The maximum absolute atomic E-state index is 13.2. The smallest absolute Gasteiger partial charge is 0.256 e. The summed E-state index contributed by atoms with van der Waals surface area (Å²) in [5.41, 5.74) is 5.43. The molecule has 2 N–H and O–H groups in total. The van der Waals surface area contributed by atoms with E-state index in [-0.39, 0.29) is 23.9 Å². The summed E-state index contributed by atoms with van der Waals surface area (Å²) in [6.45, 7) is 4.29. The highest BCUT2D eigenvalue weighted by Crippen LogP contribution is 2.30. The van der Waals surface area contributed by atoms with Crippen LogP contribution in [0, 0.1) is 0 Å². The first-order valence-corrected chi connectivity index (χ1v) is 13.9. The van der Waals surface area contributed by atoms with Gasteiger partial charge in [-0.1, -0.05) is 78.9 Å². The lowest BCUT2D eigenvalue weighted by molar-refractivity contribution is -0.126. The van der Waals surface area contributed by atoms with Crippen molar-refractivity contribution in [3.05, 3.63) is 120 Å². The van der Waals surface area contributed by atoms with E-state index in [9.17, 15) is 9.59 Å². The van der Waals surface area contributed by atoms with Gasteiger partial charge in [0.25, 0.3) is 5.91 Å². The van der Waals surface area contributed by atoms with Gasteiger partial charge in [0.2, 0.25) is 5.91 Å². The van der Waals surface area contributed by atoms with Gasteiger partial charge in [0.05, 0.1) is 0 Å². The molecule has 0 bridgehead atoms. The molecule has 1 aliphatic heterocycles. The van der Waals surface area contributed by atoms with Crippen molar-refractivity contribution in [2.75, 3.05) is 36.9 Å². The molecule has 0 spiro atoms. The molecule has 5 rings (SSSR count). The first-order valence-electron chi connectivity index (χ1n) is 13.9. The molecular weight excluding hydrogens is 496 g/mol. The Bertz CT molecular complexity index is 1420. The van der Waals surface area contributed by atoms with Gasteiger partial charge in [-0.3, -0.25) is 14.5 Å². The molecule has 0 aliphatic carbocycles.